The van der Waals surface area contributed by atoms with Crippen LogP contribution in [0.15, 0.2) is 47.3 Å². The van der Waals surface area contributed by atoms with Gasteiger partial charge in [-0.05, 0) is 35.9 Å². The van der Waals surface area contributed by atoms with Crippen LogP contribution in [0.25, 0.3) is 11.0 Å². The van der Waals surface area contributed by atoms with E-state index in [0.717, 1.165) is 0 Å². The van der Waals surface area contributed by atoms with Crippen LogP contribution < -0.4 is 5.56 Å². The number of alkyl halides is 1. The van der Waals surface area contributed by atoms with Crippen molar-refractivity contribution < 1.29 is 9.90 Å². The lowest BCUT2D eigenvalue weighted by Crippen LogP contribution is -2.17. The number of rotatable bonds is 3. The van der Waals surface area contributed by atoms with Crippen molar-refractivity contribution in [1.82, 2.24) is 9.97 Å². The Bertz CT molecular complexity index is 952. The summed E-state index contributed by atoms with van der Waals surface area (Å²) in [5.41, 5.74) is 1.24. The Hall–Kier alpha value is -2.37. The molecule has 1 unspecified atom stereocenters. The Morgan fingerprint density at radius 1 is 1.17 bits per heavy atom. The van der Waals surface area contributed by atoms with E-state index in [0.29, 0.717) is 21.6 Å². The molecule has 5 nitrogen and oxygen atoms in total. The van der Waals surface area contributed by atoms with Crippen LogP contribution >= 0.6 is 23.2 Å². The number of carboxylic acids is 1. The number of carbonyl (C=O) groups is 1. The fourth-order valence-electron chi connectivity index (χ4n) is 2.19. The van der Waals surface area contributed by atoms with Gasteiger partial charge >= 0.3 is 5.97 Å². The SMILES string of the molecule is O=C(O)c1ccc2[nH]c(=O)c(C(Cl)c3ccc(Cl)cc3)nc2c1. The third-order valence-corrected chi connectivity index (χ3v) is 4.08. The number of aromatic nitrogens is 2. The molecule has 0 spiro atoms. The van der Waals surface area contributed by atoms with Crippen molar-refractivity contribution in [3.05, 3.63) is 74.7 Å². The molecule has 23 heavy (non-hydrogen) atoms. The highest BCUT2D eigenvalue weighted by Crippen LogP contribution is 2.27. The van der Waals surface area contributed by atoms with Crippen LogP contribution in [0.5, 0.6) is 0 Å². The number of hydrogen-bond donors (Lipinski definition) is 2. The molecule has 1 aromatic heterocycles. The molecular formula is C16H10Cl2N2O3. The summed E-state index contributed by atoms with van der Waals surface area (Å²) in [4.78, 5) is 30.1. The summed E-state index contributed by atoms with van der Waals surface area (Å²) in [6.07, 6.45) is 0. The molecule has 0 fully saturated rings. The number of nitrogens with zero attached hydrogens (tertiary/aromatic N) is 1. The molecule has 0 amide bonds. The van der Waals surface area contributed by atoms with Gasteiger partial charge in [-0.3, -0.25) is 4.79 Å². The molecule has 0 aliphatic carbocycles. The van der Waals surface area contributed by atoms with Crippen molar-refractivity contribution in [2.75, 3.05) is 0 Å². The van der Waals surface area contributed by atoms with Gasteiger partial charge in [0.2, 0.25) is 0 Å². The topological polar surface area (TPSA) is 83.0 Å². The lowest BCUT2D eigenvalue weighted by atomic mass is 10.1. The normalized spacial score (nSPS) is 12.3. The van der Waals surface area contributed by atoms with E-state index in [1.54, 1.807) is 24.3 Å². The standard InChI is InChI=1S/C16H10Cl2N2O3/c17-10-4-1-8(2-5-10)13(18)14-15(21)20-11-6-3-9(16(22)23)7-12(11)19-14/h1-7,13H,(H,20,21)(H,22,23). The van der Waals surface area contributed by atoms with Gasteiger partial charge in [0.25, 0.3) is 5.56 Å². The molecule has 0 bridgehead atoms. The largest absolute Gasteiger partial charge is 0.478 e. The molecule has 0 aliphatic heterocycles. The molecule has 0 radical (unpaired) electrons. The van der Waals surface area contributed by atoms with Gasteiger partial charge < -0.3 is 10.1 Å². The number of nitrogens with one attached hydrogen (secondary N) is 1. The van der Waals surface area contributed by atoms with Crippen molar-refractivity contribution in [3.8, 4) is 0 Å². The second-order valence-electron chi connectivity index (χ2n) is 4.90. The third kappa shape index (κ3) is 3.06. The van der Waals surface area contributed by atoms with Crippen LogP contribution in [0.3, 0.4) is 0 Å². The van der Waals surface area contributed by atoms with E-state index in [1.165, 1.54) is 18.2 Å². The lowest BCUT2D eigenvalue weighted by Gasteiger charge is -2.10. The maximum Gasteiger partial charge on any atom is 0.335 e. The molecule has 0 saturated carbocycles. The molecule has 0 saturated heterocycles. The molecule has 3 rings (SSSR count). The van der Waals surface area contributed by atoms with E-state index in [-0.39, 0.29) is 11.3 Å². The Labute approximate surface area is 140 Å². The maximum absolute atomic E-state index is 12.2. The van der Waals surface area contributed by atoms with Gasteiger partial charge in [-0.1, -0.05) is 23.7 Å². The first-order valence-corrected chi connectivity index (χ1v) is 7.44. The Kier molecular flexibility index (Phi) is 4.07. The summed E-state index contributed by atoms with van der Waals surface area (Å²) in [7, 11) is 0. The third-order valence-electron chi connectivity index (χ3n) is 3.37. The van der Waals surface area contributed by atoms with E-state index in [9.17, 15) is 9.59 Å². The predicted octanol–water partition coefficient (Wildman–Crippen LogP) is 3.60. The second-order valence-corrected chi connectivity index (χ2v) is 5.78. The number of halogens is 2. The maximum atomic E-state index is 12.2. The van der Waals surface area contributed by atoms with Crippen LogP contribution in [0.4, 0.5) is 0 Å². The minimum atomic E-state index is -1.07. The highest BCUT2D eigenvalue weighted by Gasteiger charge is 2.18. The first-order valence-electron chi connectivity index (χ1n) is 6.62. The molecule has 1 atom stereocenters. The zero-order valence-electron chi connectivity index (χ0n) is 11.6. The number of aromatic carboxylic acids is 1. The van der Waals surface area contributed by atoms with Gasteiger partial charge in [0.15, 0.2) is 0 Å². The number of aromatic amines is 1. The molecular weight excluding hydrogens is 339 g/mol. The number of fused-ring (bicyclic) bond motifs is 1. The number of carboxylic acid groups (broad SMARTS) is 1. The summed E-state index contributed by atoms with van der Waals surface area (Å²) < 4.78 is 0. The van der Waals surface area contributed by atoms with Gasteiger partial charge in [-0.25, -0.2) is 9.78 Å². The second kappa shape index (κ2) is 6.02. The van der Waals surface area contributed by atoms with Crippen LogP contribution in [0, 0.1) is 0 Å². The summed E-state index contributed by atoms with van der Waals surface area (Å²) in [5, 5.41) is 8.83. The Morgan fingerprint density at radius 2 is 1.87 bits per heavy atom. The van der Waals surface area contributed by atoms with E-state index >= 15 is 0 Å². The minimum Gasteiger partial charge on any atom is -0.478 e. The smallest absolute Gasteiger partial charge is 0.335 e. The zero-order valence-corrected chi connectivity index (χ0v) is 13.1. The van der Waals surface area contributed by atoms with E-state index in [1.807, 2.05) is 0 Å². The summed E-state index contributed by atoms with van der Waals surface area (Å²) in [6, 6.07) is 11.1. The molecule has 0 aliphatic rings. The van der Waals surface area contributed by atoms with Crippen molar-refractivity contribution in [1.29, 1.82) is 0 Å². The quantitative estimate of drug-likeness (QED) is 0.708. The molecule has 116 valence electrons. The Morgan fingerprint density at radius 3 is 2.52 bits per heavy atom. The monoisotopic (exact) mass is 348 g/mol. The highest BCUT2D eigenvalue weighted by atomic mass is 35.5. The van der Waals surface area contributed by atoms with Crippen molar-refractivity contribution in [2.24, 2.45) is 0 Å². The first kappa shape index (κ1) is 15.5. The van der Waals surface area contributed by atoms with Gasteiger partial charge in [-0.15, -0.1) is 11.6 Å². The summed E-state index contributed by atoms with van der Waals surface area (Å²) in [5.74, 6) is -1.07. The summed E-state index contributed by atoms with van der Waals surface area (Å²) in [6.45, 7) is 0. The van der Waals surface area contributed by atoms with Crippen LogP contribution in [-0.2, 0) is 0 Å². The fraction of sp³-hybridized carbons (Fsp3) is 0.0625. The minimum absolute atomic E-state index is 0.0839. The van der Waals surface area contributed by atoms with Gasteiger partial charge in [0.05, 0.1) is 16.6 Å². The molecule has 3 aromatic rings. The summed E-state index contributed by atoms with van der Waals surface area (Å²) >= 11 is 12.2. The first-order chi connectivity index (χ1) is 11.0. The Balaban J connectivity index is 2.12. The number of H-pyrrole nitrogens is 1. The lowest BCUT2D eigenvalue weighted by molar-refractivity contribution is 0.0697. The molecule has 2 N–H and O–H groups in total. The molecule has 1 heterocycles. The highest BCUT2D eigenvalue weighted by molar-refractivity contribution is 6.30. The predicted molar refractivity (Wildman–Crippen MR) is 88.5 cm³/mol. The van der Waals surface area contributed by atoms with Crippen LogP contribution in [0.1, 0.15) is 27.0 Å². The van der Waals surface area contributed by atoms with E-state index in [2.05, 4.69) is 9.97 Å². The molecule has 2 aromatic carbocycles. The zero-order chi connectivity index (χ0) is 16.6. The van der Waals surface area contributed by atoms with E-state index < -0.39 is 16.9 Å². The van der Waals surface area contributed by atoms with Crippen LogP contribution in [0.2, 0.25) is 5.02 Å². The average molecular weight is 349 g/mol. The van der Waals surface area contributed by atoms with Gasteiger partial charge in [0.1, 0.15) is 11.1 Å². The van der Waals surface area contributed by atoms with Crippen molar-refractivity contribution >= 4 is 40.2 Å². The van der Waals surface area contributed by atoms with Crippen molar-refractivity contribution in [3.63, 3.8) is 0 Å². The number of benzene rings is 2. The molecule has 7 heteroatoms. The average Bonchev–Trinajstić information content (AvgIpc) is 2.53. The van der Waals surface area contributed by atoms with Crippen molar-refractivity contribution in [2.45, 2.75) is 5.38 Å². The van der Waals surface area contributed by atoms with Gasteiger partial charge in [-0.2, -0.15) is 0 Å². The van der Waals surface area contributed by atoms with E-state index in [4.69, 9.17) is 28.3 Å². The van der Waals surface area contributed by atoms with Crippen LogP contribution in [-0.4, -0.2) is 21.0 Å². The number of hydrogen-bond acceptors (Lipinski definition) is 3. The van der Waals surface area contributed by atoms with Gasteiger partial charge in [0, 0.05) is 5.02 Å². The fourth-order valence-corrected chi connectivity index (χ4v) is 2.61.